The van der Waals surface area contributed by atoms with Crippen molar-refractivity contribution in [3.63, 3.8) is 0 Å². The molecule has 3 aliphatic rings. The predicted octanol–water partition coefficient (Wildman–Crippen LogP) is 7.55. The Morgan fingerprint density at radius 1 is 0.395 bits per heavy atom. The molecular weight excluding hydrogens is 1060 g/mol. The monoisotopic (exact) mass is 1140 g/mol. The number of rotatable bonds is 28. The Morgan fingerprint density at radius 2 is 0.679 bits per heavy atom. The van der Waals surface area contributed by atoms with Gasteiger partial charge in [0.15, 0.2) is 0 Å². The minimum Gasteiger partial charge on any atom is -0.463 e. The van der Waals surface area contributed by atoms with E-state index < -0.39 is 72.0 Å². The smallest absolute Gasteiger partial charge is 0.333 e. The maximum atomic E-state index is 11.2. The van der Waals surface area contributed by atoms with Crippen molar-refractivity contribution in [2.45, 2.75) is 78.7 Å². The van der Waals surface area contributed by atoms with Crippen LogP contribution < -0.4 is 0 Å². The third kappa shape index (κ3) is 42.9. The van der Waals surface area contributed by atoms with Gasteiger partial charge in [-0.2, -0.15) is 0 Å². The lowest BCUT2D eigenvalue weighted by Gasteiger charge is -2.30. The molecule has 0 aromatic rings. The third-order valence-electron chi connectivity index (χ3n) is 10.8. The molecule has 2 bridgehead atoms. The number of ether oxygens (including phenoxy) is 11. The van der Waals surface area contributed by atoms with Gasteiger partial charge in [0.05, 0.1) is 18.6 Å². The first kappa shape index (κ1) is 78.8. The summed E-state index contributed by atoms with van der Waals surface area (Å²) in [6.07, 6.45) is 21.0. The fraction of sp³-hybridized carbons (Fsp3) is 0.441. The molecule has 3 rings (SSSR count). The second-order valence-corrected chi connectivity index (χ2v) is 16.3. The minimum atomic E-state index is -0.837. The Kier molecular flexibility index (Phi) is 49.4. The second kappa shape index (κ2) is 50.8. The number of fused-ring (bicyclic) bond motifs is 5. The second-order valence-electron chi connectivity index (χ2n) is 16.3. The van der Waals surface area contributed by atoms with Gasteiger partial charge in [0, 0.05) is 66.8 Å². The molecule has 3 aliphatic carbocycles. The molecule has 0 saturated heterocycles. The Hall–Kier alpha value is -8.69. The average molecular weight is 1140 g/mol. The molecule has 0 aromatic heterocycles. The van der Waals surface area contributed by atoms with Crippen molar-refractivity contribution in [2.24, 2.45) is 29.1 Å². The summed E-state index contributed by atoms with van der Waals surface area (Å²) in [5.41, 5.74) is -0.837. The van der Waals surface area contributed by atoms with Crippen molar-refractivity contribution in [3.8, 4) is 0 Å². The predicted molar refractivity (Wildman–Crippen MR) is 298 cm³/mol. The van der Waals surface area contributed by atoms with Gasteiger partial charge in [0.2, 0.25) is 6.79 Å². The van der Waals surface area contributed by atoms with Gasteiger partial charge >= 0.3 is 65.7 Å². The molecule has 0 N–H and O–H groups in total. The number of carbonyl (C=O) groups is 11. The Balaban J connectivity index is -0.000000440. The van der Waals surface area contributed by atoms with E-state index in [1.807, 2.05) is 0 Å². The maximum Gasteiger partial charge on any atom is 0.333 e. The Morgan fingerprint density at radius 3 is 0.963 bits per heavy atom. The van der Waals surface area contributed by atoms with Gasteiger partial charge in [-0.3, -0.25) is 0 Å². The lowest BCUT2D eigenvalue weighted by Crippen LogP contribution is -2.38. The van der Waals surface area contributed by atoms with Gasteiger partial charge in [-0.1, -0.05) is 85.7 Å². The zero-order valence-electron chi connectivity index (χ0n) is 47.3. The zero-order chi connectivity index (χ0) is 62.6. The summed E-state index contributed by atoms with van der Waals surface area (Å²) in [7, 11) is 0. The molecule has 3 fully saturated rings. The normalized spacial score (nSPS) is 15.2. The van der Waals surface area contributed by atoms with E-state index in [1.165, 1.54) is 23.7 Å². The molecule has 3 saturated carbocycles. The fourth-order valence-corrected chi connectivity index (χ4v) is 6.91. The van der Waals surface area contributed by atoms with E-state index >= 15 is 0 Å². The summed E-state index contributed by atoms with van der Waals surface area (Å²) in [5, 5.41) is 0. The number of hydrogen-bond donors (Lipinski definition) is 0. The molecule has 0 spiro atoms. The molecule has 81 heavy (non-hydrogen) atoms. The van der Waals surface area contributed by atoms with E-state index in [2.05, 4.69) is 106 Å². The molecule has 0 heterocycles. The van der Waals surface area contributed by atoms with E-state index in [-0.39, 0.29) is 51.6 Å². The molecule has 5 atom stereocenters. The Bertz CT molecular complexity index is 1980. The molecule has 0 aliphatic heterocycles. The van der Waals surface area contributed by atoms with Crippen molar-refractivity contribution in [3.05, 3.63) is 139 Å². The van der Waals surface area contributed by atoms with E-state index in [4.69, 9.17) is 18.9 Å². The third-order valence-corrected chi connectivity index (χ3v) is 10.8. The minimum absolute atomic E-state index is 0.0183. The summed E-state index contributed by atoms with van der Waals surface area (Å²) >= 11 is 0. The van der Waals surface area contributed by atoms with Gasteiger partial charge in [-0.15, -0.1) is 0 Å². The number of hydrogen-bond acceptors (Lipinski definition) is 22. The van der Waals surface area contributed by atoms with Crippen molar-refractivity contribution < 1.29 is 105 Å². The highest BCUT2D eigenvalue weighted by Crippen LogP contribution is 2.58. The lowest BCUT2D eigenvalue weighted by molar-refractivity contribution is -0.161. The van der Waals surface area contributed by atoms with Crippen molar-refractivity contribution in [2.75, 3.05) is 59.6 Å². The van der Waals surface area contributed by atoms with Crippen LogP contribution in [0.3, 0.4) is 0 Å². The van der Waals surface area contributed by atoms with Crippen LogP contribution in [-0.4, -0.2) is 131 Å². The first-order valence-corrected chi connectivity index (χ1v) is 25.2. The largest absolute Gasteiger partial charge is 0.463 e. The molecule has 0 radical (unpaired) electrons. The quantitative estimate of drug-likeness (QED) is 0.0240. The van der Waals surface area contributed by atoms with Crippen molar-refractivity contribution >= 4 is 65.7 Å². The van der Waals surface area contributed by atoms with Gasteiger partial charge in [-0.25, -0.2) is 52.7 Å². The van der Waals surface area contributed by atoms with Gasteiger partial charge < -0.3 is 52.1 Å². The molecular formula is C59H82O22. The number of esters is 11. The molecule has 0 aromatic carbocycles. The van der Waals surface area contributed by atoms with Crippen LogP contribution in [0.2, 0.25) is 0 Å². The van der Waals surface area contributed by atoms with Gasteiger partial charge in [0.25, 0.3) is 0 Å². The summed E-state index contributed by atoms with van der Waals surface area (Å²) in [5.74, 6) is -1.19. The van der Waals surface area contributed by atoms with Crippen molar-refractivity contribution in [1.29, 1.82) is 0 Å². The van der Waals surface area contributed by atoms with Crippen LogP contribution in [0.15, 0.2) is 139 Å². The first-order valence-electron chi connectivity index (χ1n) is 25.2. The first-order chi connectivity index (χ1) is 38.5. The average Bonchev–Trinajstić information content (AvgIpc) is 4.26. The highest BCUT2D eigenvalue weighted by atomic mass is 16.7. The van der Waals surface area contributed by atoms with E-state index in [0.717, 1.165) is 66.8 Å². The van der Waals surface area contributed by atoms with Crippen LogP contribution in [0, 0.1) is 29.1 Å². The summed E-state index contributed by atoms with van der Waals surface area (Å²) < 4.78 is 50.9. The number of carbonyl (C=O) groups excluding carboxylic acids is 11. The van der Waals surface area contributed by atoms with Crippen molar-refractivity contribution in [1.82, 2.24) is 0 Å². The van der Waals surface area contributed by atoms with Crippen LogP contribution in [0.1, 0.15) is 72.6 Å². The van der Waals surface area contributed by atoms with Gasteiger partial charge in [0.1, 0.15) is 45.7 Å². The standard InChI is InChI=1S/C15H20O6.C10H16.C9H12O4.C8H10O4.C7H8O4.2C5H8O2/c1-5-12(16)19-9-15(8-4,10-20-13(17)6-2)11-21-14(18)7-3;1-2-9-7-4-5-8(6-7)10(9)3-1;1-4-8(10)12-6-7(3)13-9(11)5-2;1-3-7(9)11-5-6-12-8(10)4-2;1-3-6(8)10-5-11-7(9)4-2;2*1-3-5(6)7-4-2/h5-7H,1-3,8-11H2,4H3;7-10H,1-6H2;4-5,7H,1-2,6H2,3H3;3-4H,1-2,5-6H2;3-4H,1-2,5H2;2*3H,1,4H2,2H3. The fourth-order valence-electron chi connectivity index (χ4n) is 6.91. The van der Waals surface area contributed by atoms with Crippen LogP contribution in [0.4, 0.5) is 0 Å². The molecule has 450 valence electrons. The zero-order valence-corrected chi connectivity index (χ0v) is 47.3. The highest BCUT2D eigenvalue weighted by Gasteiger charge is 2.48. The van der Waals surface area contributed by atoms with Crippen LogP contribution in [-0.2, 0) is 105 Å². The van der Waals surface area contributed by atoms with Crippen LogP contribution >= 0.6 is 0 Å². The molecule has 0 amide bonds. The van der Waals surface area contributed by atoms with E-state index in [0.29, 0.717) is 19.6 Å². The highest BCUT2D eigenvalue weighted by molar-refractivity contribution is 5.85. The summed E-state index contributed by atoms with van der Waals surface area (Å²) in [6, 6.07) is 0. The molecule has 5 unspecified atom stereocenters. The topological polar surface area (TPSA) is 289 Å². The van der Waals surface area contributed by atoms with E-state index in [9.17, 15) is 52.7 Å². The SMILES string of the molecule is C1CC2C3CCC(C3)C2C1.C=CC(=O)OCC.C=CC(=O)OCC.C=CC(=O)OCC(C)OC(=O)C=C.C=CC(=O)OCC(CC)(COC(=O)C=C)COC(=O)C=C.C=CC(=O)OCCOC(=O)C=C.C=CC(=O)OCOC(=O)C=C. The Labute approximate surface area is 475 Å². The molecule has 22 nitrogen and oxygen atoms in total. The van der Waals surface area contributed by atoms with Gasteiger partial charge in [-0.05, 0) is 83.0 Å². The molecule has 22 heteroatoms. The maximum absolute atomic E-state index is 11.2. The summed E-state index contributed by atoms with van der Waals surface area (Å²) in [6.45, 7) is 42.6. The van der Waals surface area contributed by atoms with Crippen LogP contribution in [0.5, 0.6) is 0 Å². The van der Waals surface area contributed by atoms with E-state index in [1.54, 1.807) is 66.2 Å². The lowest BCUT2D eigenvalue weighted by atomic mass is 9.82. The van der Waals surface area contributed by atoms with Crippen LogP contribution in [0.25, 0.3) is 0 Å². The summed E-state index contributed by atoms with van der Waals surface area (Å²) in [4.78, 5) is 116.